The molecule has 230 valence electrons. The van der Waals surface area contributed by atoms with Crippen molar-refractivity contribution in [3.05, 3.63) is 0 Å². The summed E-state index contributed by atoms with van der Waals surface area (Å²) in [5.74, 6) is -9.49. The van der Waals surface area contributed by atoms with Crippen LogP contribution >= 0.6 is 11.6 Å². The Bertz CT molecular complexity index is 1110. The average Bonchev–Trinajstić information content (AvgIpc) is 3.15. The highest BCUT2D eigenvalue weighted by Gasteiger charge is 2.62. The SMILES string of the molecule is CC1(C)C[C@H](CN(NC(=O)[C@@H]2[C@H]3CCC[C@H]3CN2C(=O)[C@@H](NC(=O)[C@@H]2CC2(F)F)C(C)(C)C)C(=O)[C@@H](F)Cl)C(=O)N1. The molecule has 0 aromatic rings. The maximum Gasteiger partial charge on any atom is 0.291 e. The van der Waals surface area contributed by atoms with Crippen LogP contribution in [0.3, 0.4) is 0 Å². The molecule has 5 amide bonds. The van der Waals surface area contributed by atoms with E-state index in [0.717, 1.165) is 12.8 Å². The Hall–Kier alpha value is -2.57. The topological polar surface area (TPSA) is 128 Å². The first-order chi connectivity index (χ1) is 18.8. The van der Waals surface area contributed by atoms with Crippen LogP contribution in [-0.4, -0.2) is 81.7 Å². The maximum atomic E-state index is 14.0. The maximum absolute atomic E-state index is 14.0. The number of fused-ring (bicyclic) bond motifs is 1. The minimum Gasteiger partial charge on any atom is -0.351 e. The molecule has 41 heavy (non-hydrogen) atoms. The van der Waals surface area contributed by atoms with Crippen molar-refractivity contribution in [1.29, 1.82) is 0 Å². The van der Waals surface area contributed by atoms with Gasteiger partial charge in [-0.25, -0.2) is 18.2 Å². The van der Waals surface area contributed by atoms with Gasteiger partial charge in [0.25, 0.3) is 23.4 Å². The molecule has 7 atom stereocenters. The number of carbonyl (C=O) groups is 5. The molecular weight excluding hydrogens is 567 g/mol. The fraction of sp³-hybridized carbons (Fsp3) is 0.815. The molecule has 0 aromatic carbocycles. The van der Waals surface area contributed by atoms with Gasteiger partial charge >= 0.3 is 0 Å². The largest absolute Gasteiger partial charge is 0.351 e. The molecule has 0 aromatic heterocycles. The van der Waals surface area contributed by atoms with Gasteiger partial charge in [-0.1, -0.05) is 38.8 Å². The molecule has 2 saturated heterocycles. The lowest BCUT2D eigenvalue weighted by Gasteiger charge is -2.37. The Labute approximate surface area is 242 Å². The molecule has 14 heteroatoms. The minimum absolute atomic E-state index is 0.0219. The zero-order valence-electron chi connectivity index (χ0n) is 23.9. The van der Waals surface area contributed by atoms with Crippen molar-refractivity contribution in [1.82, 2.24) is 26.0 Å². The van der Waals surface area contributed by atoms with Crippen LogP contribution in [0.4, 0.5) is 13.2 Å². The van der Waals surface area contributed by atoms with E-state index in [4.69, 9.17) is 11.6 Å². The minimum atomic E-state index is -3.11. The highest BCUT2D eigenvalue weighted by Crippen LogP contribution is 2.49. The third-order valence-electron chi connectivity index (χ3n) is 8.67. The lowest BCUT2D eigenvalue weighted by Crippen LogP contribution is -2.61. The van der Waals surface area contributed by atoms with Gasteiger partial charge in [0.1, 0.15) is 18.0 Å². The molecule has 10 nitrogen and oxygen atoms in total. The van der Waals surface area contributed by atoms with Crippen LogP contribution in [0.1, 0.15) is 66.7 Å². The van der Waals surface area contributed by atoms with Gasteiger partial charge in [0.05, 0.1) is 12.5 Å². The van der Waals surface area contributed by atoms with E-state index in [2.05, 4.69) is 16.1 Å². The van der Waals surface area contributed by atoms with Gasteiger partial charge in [-0.2, -0.15) is 0 Å². The number of rotatable bonds is 7. The first kappa shape index (κ1) is 31.4. The number of alkyl halides is 4. The van der Waals surface area contributed by atoms with E-state index < -0.39 is 76.5 Å². The standard InChI is InChI=1S/C27H39ClF3N5O5/c1-25(2,3)18(32-21(38)16-10-27(16,30)31)23(40)35-11-13-7-6-8-15(13)17(35)22(39)34-36(24(41)19(28)29)12-14-9-26(4,5)33-20(14)37/h13-19H,6-12H2,1-5H3,(H,32,38)(H,33,37)(H,34,39)/t13-,14+,15-,16-,17-,18+,19+/m0/s1. The van der Waals surface area contributed by atoms with Crippen LogP contribution in [-0.2, 0) is 24.0 Å². The summed E-state index contributed by atoms with van der Waals surface area (Å²) in [5, 5.41) is 5.98. The molecule has 2 saturated carbocycles. The van der Waals surface area contributed by atoms with E-state index in [0.29, 0.717) is 17.9 Å². The molecule has 4 fully saturated rings. The van der Waals surface area contributed by atoms with Crippen molar-refractivity contribution in [2.75, 3.05) is 13.1 Å². The molecule has 0 radical (unpaired) electrons. The number of amides is 5. The summed E-state index contributed by atoms with van der Waals surface area (Å²) < 4.78 is 41.1. The summed E-state index contributed by atoms with van der Waals surface area (Å²) >= 11 is 5.44. The summed E-state index contributed by atoms with van der Waals surface area (Å²) in [5.41, 5.74) is -1.48. The average molecular weight is 606 g/mol. The van der Waals surface area contributed by atoms with Gasteiger partial charge < -0.3 is 15.5 Å². The van der Waals surface area contributed by atoms with E-state index in [1.165, 1.54) is 4.90 Å². The van der Waals surface area contributed by atoms with Gasteiger partial charge in [0.15, 0.2) is 0 Å². The van der Waals surface area contributed by atoms with Crippen molar-refractivity contribution in [3.63, 3.8) is 0 Å². The van der Waals surface area contributed by atoms with Crippen LogP contribution in [0.15, 0.2) is 0 Å². The Kier molecular flexibility index (Phi) is 8.36. The number of hydrogen-bond donors (Lipinski definition) is 3. The smallest absolute Gasteiger partial charge is 0.291 e. The first-order valence-corrected chi connectivity index (χ1v) is 14.5. The number of halogens is 4. The summed E-state index contributed by atoms with van der Waals surface area (Å²) in [4.78, 5) is 66.7. The van der Waals surface area contributed by atoms with Crippen LogP contribution in [0.25, 0.3) is 0 Å². The lowest BCUT2D eigenvalue weighted by atomic mass is 9.85. The van der Waals surface area contributed by atoms with Gasteiger partial charge in [0, 0.05) is 18.5 Å². The number of hydrazine groups is 1. The molecule has 4 aliphatic rings. The van der Waals surface area contributed by atoms with E-state index in [1.807, 2.05) is 0 Å². The normalized spacial score (nSPS) is 31.1. The van der Waals surface area contributed by atoms with Crippen LogP contribution in [0.5, 0.6) is 0 Å². The number of carbonyl (C=O) groups excluding carboxylic acids is 5. The number of nitrogens with one attached hydrogen (secondary N) is 3. The second-order valence-corrected chi connectivity index (χ2v) is 14.0. The Morgan fingerprint density at radius 2 is 1.78 bits per heavy atom. The Balaban J connectivity index is 1.56. The number of likely N-dealkylation sites (tertiary alicyclic amines) is 1. The molecule has 3 N–H and O–H groups in total. The highest BCUT2D eigenvalue weighted by atomic mass is 35.5. The van der Waals surface area contributed by atoms with Crippen LogP contribution < -0.4 is 16.1 Å². The molecule has 4 rings (SSSR count). The number of nitrogens with zero attached hydrogens (tertiary/aromatic N) is 2. The summed E-state index contributed by atoms with van der Waals surface area (Å²) in [6.07, 6.45) is 1.95. The van der Waals surface area contributed by atoms with Gasteiger partial charge in [-0.05, 0) is 50.4 Å². The molecule has 2 heterocycles. The molecule has 0 unspecified atom stereocenters. The van der Waals surface area contributed by atoms with Crippen molar-refractivity contribution in [2.45, 2.75) is 95.9 Å². The van der Waals surface area contributed by atoms with Crippen molar-refractivity contribution >= 4 is 41.1 Å². The lowest BCUT2D eigenvalue weighted by molar-refractivity contribution is -0.150. The Morgan fingerprint density at radius 1 is 1.15 bits per heavy atom. The summed E-state index contributed by atoms with van der Waals surface area (Å²) in [7, 11) is 0. The third-order valence-corrected chi connectivity index (χ3v) is 8.86. The molecule has 0 bridgehead atoms. The number of hydrogen-bond acceptors (Lipinski definition) is 5. The van der Waals surface area contributed by atoms with Gasteiger partial charge in [0.2, 0.25) is 17.7 Å². The quantitative estimate of drug-likeness (QED) is 0.303. The fourth-order valence-electron chi connectivity index (χ4n) is 6.49. The molecule has 2 aliphatic carbocycles. The predicted octanol–water partition coefficient (Wildman–Crippen LogP) is 2.11. The fourth-order valence-corrected chi connectivity index (χ4v) is 6.61. The summed E-state index contributed by atoms with van der Waals surface area (Å²) in [6, 6.07) is -2.25. The first-order valence-electron chi connectivity index (χ1n) is 14.0. The van der Waals surface area contributed by atoms with Crippen molar-refractivity contribution < 1.29 is 37.1 Å². The van der Waals surface area contributed by atoms with E-state index >= 15 is 0 Å². The van der Waals surface area contributed by atoms with Crippen molar-refractivity contribution in [3.8, 4) is 0 Å². The summed E-state index contributed by atoms with van der Waals surface area (Å²) in [6.45, 7) is 8.53. The van der Waals surface area contributed by atoms with Gasteiger partial charge in [-0.15, -0.1) is 0 Å². The second-order valence-electron chi connectivity index (χ2n) is 13.6. The highest BCUT2D eigenvalue weighted by molar-refractivity contribution is 6.29. The molecule has 2 aliphatic heterocycles. The predicted molar refractivity (Wildman–Crippen MR) is 142 cm³/mol. The molecule has 0 spiro atoms. The van der Waals surface area contributed by atoms with Crippen LogP contribution in [0, 0.1) is 29.1 Å². The van der Waals surface area contributed by atoms with E-state index in [1.54, 1.807) is 34.6 Å². The Morgan fingerprint density at radius 3 is 2.29 bits per heavy atom. The zero-order valence-corrected chi connectivity index (χ0v) is 24.7. The second kappa shape index (κ2) is 10.9. The van der Waals surface area contributed by atoms with Crippen LogP contribution in [0.2, 0.25) is 0 Å². The monoisotopic (exact) mass is 605 g/mol. The van der Waals surface area contributed by atoms with E-state index in [-0.39, 0.29) is 30.8 Å². The van der Waals surface area contributed by atoms with Crippen molar-refractivity contribution in [2.24, 2.45) is 29.1 Å². The zero-order chi connectivity index (χ0) is 30.7. The molecular formula is C27H39ClF3N5O5. The third kappa shape index (κ3) is 6.59. The van der Waals surface area contributed by atoms with E-state index in [9.17, 15) is 37.1 Å². The van der Waals surface area contributed by atoms with Gasteiger partial charge in [-0.3, -0.25) is 29.4 Å².